The summed E-state index contributed by atoms with van der Waals surface area (Å²) < 4.78 is 0. The van der Waals surface area contributed by atoms with Gasteiger partial charge in [0.05, 0.1) is 5.97 Å². The molecule has 2 N–H and O–H groups in total. The van der Waals surface area contributed by atoms with Gasteiger partial charge in [-0.15, -0.1) is 0 Å². The van der Waals surface area contributed by atoms with Gasteiger partial charge in [0.25, 0.3) is 11.8 Å². The molecule has 0 saturated carbocycles. The second-order valence-corrected chi connectivity index (χ2v) is 6.49. The number of allylic oxidation sites excluding steroid dienone is 2. The average molecular weight is 411 g/mol. The number of carboxylic acid groups (broad SMARTS) is 1. The third-order valence-corrected chi connectivity index (χ3v) is 4.24. The topological polar surface area (TPSA) is 98.3 Å². The third-order valence-electron chi connectivity index (χ3n) is 4.24. The van der Waals surface area contributed by atoms with Crippen LogP contribution in [0, 0.1) is 0 Å². The molecule has 0 aliphatic heterocycles. The zero-order valence-corrected chi connectivity index (χ0v) is 16.4. The molecule has 2 amide bonds. The van der Waals surface area contributed by atoms with E-state index in [9.17, 15) is 19.5 Å². The third kappa shape index (κ3) is 6.27. The summed E-state index contributed by atoms with van der Waals surface area (Å²) >= 11 is 0. The molecule has 0 fully saturated rings. The number of carbonyl (C=O) groups excluding carboxylic acids is 3. The quantitative estimate of drug-likeness (QED) is 0.461. The van der Waals surface area contributed by atoms with Crippen LogP contribution in [0.5, 0.6) is 0 Å². The SMILES string of the molecule is O=C(Nc1cccc(C(=O)[O-])c1)/C(=C/C=C/c1ccccc1)NC(=O)c1ccccc1. The predicted molar refractivity (Wildman–Crippen MR) is 117 cm³/mol. The molecule has 0 spiro atoms. The van der Waals surface area contributed by atoms with Crippen LogP contribution in [-0.2, 0) is 4.79 Å². The van der Waals surface area contributed by atoms with E-state index in [1.165, 1.54) is 24.3 Å². The van der Waals surface area contributed by atoms with Gasteiger partial charge < -0.3 is 20.5 Å². The average Bonchev–Trinajstić information content (AvgIpc) is 2.79. The number of hydrogen-bond acceptors (Lipinski definition) is 4. The van der Waals surface area contributed by atoms with E-state index in [0.717, 1.165) is 5.56 Å². The molecule has 3 rings (SSSR count). The number of anilines is 1. The Hall–Kier alpha value is -4.45. The molecule has 3 aromatic rings. The molecule has 0 radical (unpaired) electrons. The molecule has 0 atom stereocenters. The van der Waals surface area contributed by atoms with E-state index < -0.39 is 17.8 Å². The van der Waals surface area contributed by atoms with Crippen molar-refractivity contribution in [1.29, 1.82) is 0 Å². The minimum absolute atomic E-state index is 0.000104. The van der Waals surface area contributed by atoms with Crippen molar-refractivity contribution in [2.24, 2.45) is 0 Å². The van der Waals surface area contributed by atoms with Crippen LogP contribution in [0.3, 0.4) is 0 Å². The second kappa shape index (κ2) is 10.4. The number of rotatable bonds is 7. The van der Waals surface area contributed by atoms with Crippen LogP contribution in [0.2, 0.25) is 0 Å². The zero-order valence-electron chi connectivity index (χ0n) is 16.4. The van der Waals surface area contributed by atoms with Gasteiger partial charge in [0.15, 0.2) is 0 Å². The molecule has 0 saturated heterocycles. The Bertz CT molecular complexity index is 1140. The van der Waals surface area contributed by atoms with Gasteiger partial charge in [0, 0.05) is 11.3 Å². The Morgan fingerprint density at radius 1 is 0.774 bits per heavy atom. The minimum Gasteiger partial charge on any atom is -0.545 e. The summed E-state index contributed by atoms with van der Waals surface area (Å²) in [5.41, 5.74) is 1.51. The molecule has 0 aliphatic rings. The molecular formula is C25H19N2O4-. The molecular weight excluding hydrogens is 392 g/mol. The van der Waals surface area contributed by atoms with Crippen LogP contribution in [0.4, 0.5) is 5.69 Å². The highest BCUT2D eigenvalue weighted by Gasteiger charge is 2.14. The highest BCUT2D eigenvalue weighted by Crippen LogP contribution is 2.12. The second-order valence-electron chi connectivity index (χ2n) is 6.49. The fourth-order valence-electron chi connectivity index (χ4n) is 2.70. The number of aromatic carboxylic acids is 1. The number of nitrogens with one attached hydrogen (secondary N) is 2. The largest absolute Gasteiger partial charge is 0.545 e. The number of hydrogen-bond donors (Lipinski definition) is 2. The molecule has 6 nitrogen and oxygen atoms in total. The number of carboxylic acids is 1. The van der Waals surface area contributed by atoms with Gasteiger partial charge >= 0.3 is 0 Å². The fraction of sp³-hybridized carbons (Fsp3) is 0. The van der Waals surface area contributed by atoms with Crippen molar-refractivity contribution in [2.75, 3.05) is 5.32 Å². The molecule has 0 aliphatic carbocycles. The summed E-state index contributed by atoms with van der Waals surface area (Å²) in [5.74, 6) is -2.40. The molecule has 0 heterocycles. The van der Waals surface area contributed by atoms with Crippen LogP contribution < -0.4 is 15.7 Å². The highest BCUT2D eigenvalue weighted by molar-refractivity contribution is 6.08. The van der Waals surface area contributed by atoms with E-state index in [-0.39, 0.29) is 16.9 Å². The lowest BCUT2D eigenvalue weighted by molar-refractivity contribution is -0.255. The highest BCUT2D eigenvalue weighted by atomic mass is 16.4. The van der Waals surface area contributed by atoms with Gasteiger partial charge in [0.2, 0.25) is 0 Å². The van der Waals surface area contributed by atoms with Crippen LogP contribution in [0.1, 0.15) is 26.3 Å². The van der Waals surface area contributed by atoms with E-state index in [1.54, 1.807) is 48.6 Å². The number of carbonyl (C=O) groups is 3. The molecule has 154 valence electrons. The number of benzene rings is 3. The van der Waals surface area contributed by atoms with Gasteiger partial charge in [-0.05, 0) is 41.5 Å². The van der Waals surface area contributed by atoms with Crippen molar-refractivity contribution >= 4 is 29.5 Å². The van der Waals surface area contributed by atoms with E-state index in [0.29, 0.717) is 5.56 Å². The monoisotopic (exact) mass is 411 g/mol. The molecule has 0 unspecified atom stereocenters. The Balaban J connectivity index is 1.83. The van der Waals surface area contributed by atoms with E-state index in [4.69, 9.17) is 0 Å². The van der Waals surface area contributed by atoms with E-state index >= 15 is 0 Å². The van der Waals surface area contributed by atoms with Crippen molar-refractivity contribution in [3.63, 3.8) is 0 Å². The molecule has 0 aromatic heterocycles. The Labute approximate surface area is 179 Å². The lowest BCUT2D eigenvalue weighted by Gasteiger charge is -2.12. The maximum Gasteiger partial charge on any atom is 0.272 e. The van der Waals surface area contributed by atoms with Gasteiger partial charge in [0.1, 0.15) is 5.70 Å². The Kier molecular flexibility index (Phi) is 7.11. The molecule has 31 heavy (non-hydrogen) atoms. The summed E-state index contributed by atoms with van der Waals surface area (Å²) in [6.07, 6.45) is 4.91. The predicted octanol–water partition coefficient (Wildman–Crippen LogP) is 3.02. The standard InChI is InChI=1S/C25H20N2O4/c28-23(19-12-5-2-6-13-19)27-22(16-7-11-18-9-3-1-4-10-18)24(29)26-21-15-8-14-20(17-21)25(30)31/h1-17H,(H,26,29)(H,27,28)(H,30,31)/p-1/b11-7+,22-16-. The van der Waals surface area contributed by atoms with Gasteiger partial charge in [-0.25, -0.2) is 0 Å². The first-order valence-electron chi connectivity index (χ1n) is 9.45. The summed E-state index contributed by atoms with van der Waals surface area (Å²) in [4.78, 5) is 36.4. The smallest absolute Gasteiger partial charge is 0.272 e. The Morgan fingerprint density at radius 3 is 2.10 bits per heavy atom. The molecule has 3 aromatic carbocycles. The van der Waals surface area contributed by atoms with Crippen LogP contribution in [-0.4, -0.2) is 17.8 Å². The van der Waals surface area contributed by atoms with Gasteiger partial charge in [-0.1, -0.05) is 72.8 Å². The van der Waals surface area contributed by atoms with Crippen molar-refractivity contribution < 1.29 is 19.5 Å². The van der Waals surface area contributed by atoms with Crippen LogP contribution in [0.15, 0.2) is 103 Å². The molecule has 0 bridgehead atoms. The lowest BCUT2D eigenvalue weighted by atomic mass is 10.2. The first-order chi connectivity index (χ1) is 15.0. The summed E-state index contributed by atoms with van der Waals surface area (Å²) in [6.45, 7) is 0. The van der Waals surface area contributed by atoms with Crippen molar-refractivity contribution in [3.8, 4) is 0 Å². The minimum atomic E-state index is -1.35. The Morgan fingerprint density at radius 2 is 1.42 bits per heavy atom. The van der Waals surface area contributed by atoms with Crippen LogP contribution in [0.25, 0.3) is 6.08 Å². The van der Waals surface area contributed by atoms with E-state index in [1.807, 2.05) is 30.3 Å². The summed E-state index contributed by atoms with van der Waals surface area (Å²) in [5, 5.41) is 16.3. The maximum absolute atomic E-state index is 12.8. The maximum atomic E-state index is 12.8. The van der Waals surface area contributed by atoms with Crippen molar-refractivity contribution in [3.05, 3.63) is 119 Å². The van der Waals surface area contributed by atoms with E-state index in [2.05, 4.69) is 10.6 Å². The number of amides is 2. The van der Waals surface area contributed by atoms with Gasteiger partial charge in [-0.3, -0.25) is 9.59 Å². The first kappa shape index (κ1) is 21.3. The van der Waals surface area contributed by atoms with Crippen LogP contribution >= 0.6 is 0 Å². The van der Waals surface area contributed by atoms with Crippen molar-refractivity contribution in [1.82, 2.24) is 5.32 Å². The van der Waals surface area contributed by atoms with Crippen molar-refractivity contribution in [2.45, 2.75) is 0 Å². The normalized spacial score (nSPS) is 11.2. The molecule has 6 heteroatoms. The first-order valence-corrected chi connectivity index (χ1v) is 9.45. The van der Waals surface area contributed by atoms with Gasteiger partial charge in [-0.2, -0.15) is 0 Å². The lowest BCUT2D eigenvalue weighted by Crippen LogP contribution is -2.31. The zero-order chi connectivity index (χ0) is 22.1. The summed E-state index contributed by atoms with van der Waals surface area (Å²) in [7, 11) is 0. The fourth-order valence-corrected chi connectivity index (χ4v) is 2.70. The summed E-state index contributed by atoms with van der Waals surface area (Å²) in [6, 6.07) is 23.6.